The summed E-state index contributed by atoms with van der Waals surface area (Å²) in [5.41, 5.74) is 2.98. The van der Waals surface area contributed by atoms with Crippen LogP contribution in [-0.2, 0) is 4.74 Å². The number of aromatic nitrogens is 4. The van der Waals surface area contributed by atoms with Gasteiger partial charge < -0.3 is 14.8 Å². The van der Waals surface area contributed by atoms with Crippen LogP contribution in [0.4, 0.5) is 0 Å². The van der Waals surface area contributed by atoms with Crippen molar-refractivity contribution < 1.29 is 14.3 Å². The first-order valence-corrected chi connectivity index (χ1v) is 10.5. The van der Waals surface area contributed by atoms with Gasteiger partial charge in [0.2, 0.25) is 0 Å². The largest absolute Gasteiger partial charge is 0.497 e. The lowest BCUT2D eigenvalue weighted by atomic mass is 10.1. The van der Waals surface area contributed by atoms with E-state index in [1.807, 2.05) is 24.3 Å². The van der Waals surface area contributed by atoms with Crippen LogP contribution in [0.25, 0.3) is 22.3 Å². The standard InChI is InChI=1S/C24H21N5O4/c1-32-17-4-2-3-15(11-17)18-7-8-23(30)29(28-18)22-14-33-13-21(22)27-24(31)16-5-6-19-20(12-16)26-10-9-25-19/h2-12,21-22H,13-14H2,1H3,(H,27,31). The SMILES string of the molecule is COc1cccc(-c2ccc(=O)n(C3COCC3NC(=O)c3ccc4nccnc4c3)n2)c1. The first-order valence-electron chi connectivity index (χ1n) is 10.5. The lowest BCUT2D eigenvalue weighted by molar-refractivity contribution is 0.0925. The Morgan fingerprint density at radius 3 is 2.76 bits per heavy atom. The molecule has 0 radical (unpaired) electrons. The molecule has 0 bridgehead atoms. The minimum Gasteiger partial charge on any atom is -0.497 e. The highest BCUT2D eigenvalue weighted by atomic mass is 16.5. The molecule has 5 rings (SSSR count). The number of hydrogen-bond acceptors (Lipinski definition) is 7. The molecule has 0 spiro atoms. The van der Waals surface area contributed by atoms with Gasteiger partial charge in [0.1, 0.15) is 11.8 Å². The third-order valence-electron chi connectivity index (χ3n) is 5.60. The molecule has 1 N–H and O–H groups in total. The fourth-order valence-corrected chi connectivity index (χ4v) is 3.88. The van der Waals surface area contributed by atoms with E-state index in [9.17, 15) is 9.59 Å². The molecule has 1 amide bonds. The fourth-order valence-electron chi connectivity index (χ4n) is 3.88. The summed E-state index contributed by atoms with van der Waals surface area (Å²) >= 11 is 0. The molecule has 2 aromatic heterocycles. The summed E-state index contributed by atoms with van der Waals surface area (Å²) in [6.07, 6.45) is 3.19. The average Bonchev–Trinajstić information content (AvgIpc) is 3.31. The van der Waals surface area contributed by atoms with E-state index in [1.165, 1.54) is 10.7 Å². The smallest absolute Gasteiger partial charge is 0.267 e. The minimum absolute atomic E-state index is 0.266. The molecule has 1 fully saturated rings. The zero-order valence-electron chi connectivity index (χ0n) is 17.8. The molecule has 9 nitrogen and oxygen atoms in total. The monoisotopic (exact) mass is 443 g/mol. The Bertz CT molecular complexity index is 1390. The molecular formula is C24H21N5O4. The van der Waals surface area contributed by atoms with E-state index in [2.05, 4.69) is 20.4 Å². The van der Waals surface area contributed by atoms with Crippen molar-refractivity contribution in [1.82, 2.24) is 25.1 Å². The number of hydrogen-bond donors (Lipinski definition) is 1. The van der Waals surface area contributed by atoms with E-state index in [1.54, 1.807) is 43.8 Å². The van der Waals surface area contributed by atoms with Gasteiger partial charge in [-0.2, -0.15) is 5.10 Å². The number of nitrogens with one attached hydrogen (secondary N) is 1. The van der Waals surface area contributed by atoms with E-state index in [0.717, 1.165) is 5.56 Å². The Labute approximate surface area is 189 Å². The molecule has 1 saturated heterocycles. The molecule has 3 heterocycles. The molecule has 33 heavy (non-hydrogen) atoms. The van der Waals surface area contributed by atoms with Gasteiger partial charge in [0.25, 0.3) is 11.5 Å². The average molecular weight is 443 g/mol. The molecule has 1 aliphatic rings. The normalized spacial score (nSPS) is 17.7. The van der Waals surface area contributed by atoms with E-state index in [-0.39, 0.29) is 24.7 Å². The summed E-state index contributed by atoms with van der Waals surface area (Å²) in [4.78, 5) is 34.1. The maximum absolute atomic E-state index is 12.9. The molecule has 9 heteroatoms. The molecule has 4 aromatic rings. The number of amides is 1. The lowest BCUT2D eigenvalue weighted by Crippen LogP contribution is -2.44. The predicted octanol–water partition coefficient (Wildman–Crippen LogP) is 2.23. The van der Waals surface area contributed by atoms with E-state index < -0.39 is 12.1 Å². The van der Waals surface area contributed by atoms with Crippen LogP contribution in [0.15, 0.2) is 71.8 Å². The lowest BCUT2D eigenvalue weighted by Gasteiger charge is -2.21. The quantitative estimate of drug-likeness (QED) is 0.504. The van der Waals surface area contributed by atoms with Crippen molar-refractivity contribution >= 4 is 16.9 Å². The third-order valence-corrected chi connectivity index (χ3v) is 5.60. The minimum atomic E-state index is -0.438. The van der Waals surface area contributed by atoms with Crippen LogP contribution >= 0.6 is 0 Å². The highest BCUT2D eigenvalue weighted by molar-refractivity contribution is 5.97. The summed E-state index contributed by atoms with van der Waals surface area (Å²) in [7, 11) is 1.60. The van der Waals surface area contributed by atoms with Gasteiger partial charge in [-0.1, -0.05) is 12.1 Å². The maximum Gasteiger partial charge on any atom is 0.267 e. The first-order chi connectivity index (χ1) is 16.1. The van der Waals surface area contributed by atoms with Crippen LogP contribution in [0.3, 0.4) is 0 Å². The Kier molecular flexibility index (Phi) is 5.54. The zero-order chi connectivity index (χ0) is 22.8. The topological polar surface area (TPSA) is 108 Å². The molecule has 166 valence electrons. The Morgan fingerprint density at radius 2 is 1.91 bits per heavy atom. The van der Waals surface area contributed by atoms with Crippen molar-refractivity contribution in [2.45, 2.75) is 12.1 Å². The molecule has 0 saturated carbocycles. The number of rotatable bonds is 5. The van der Waals surface area contributed by atoms with Crippen molar-refractivity contribution in [3.8, 4) is 17.0 Å². The fraction of sp³-hybridized carbons (Fsp3) is 0.208. The van der Waals surface area contributed by atoms with Crippen molar-refractivity contribution in [3.63, 3.8) is 0 Å². The van der Waals surface area contributed by atoms with Crippen molar-refractivity contribution in [2.24, 2.45) is 0 Å². The van der Waals surface area contributed by atoms with E-state index in [4.69, 9.17) is 9.47 Å². The second kappa shape index (κ2) is 8.79. The van der Waals surface area contributed by atoms with Crippen LogP contribution in [0.1, 0.15) is 16.4 Å². The number of nitrogens with zero attached hydrogens (tertiary/aromatic N) is 4. The number of benzene rings is 2. The first kappa shape index (κ1) is 20.8. The molecule has 0 aliphatic carbocycles. The zero-order valence-corrected chi connectivity index (χ0v) is 17.8. The van der Waals surface area contributed by atoms with Gasteiger partial charge >= 0.3 is 0 Å². The summed E-state index contributed by atoms with van der Waals surface area (Å²) in [5.74, 6) is 0.418. The van der Waals surface area contributed by atoms with Crippen molar-refractivity contribution in [3.05, 3.63) is 82.9 Å². The van der Waals surface area contributed by atoms with Crippen molar-refractivity contribution in [2.75, 3.05) is 20.3 Å². The van der Waals surface area contributed by atoms with Crippen LogP contribution in [0.5, 0.6) is 5.75 Å². The van der Waals surface area contributed by atoms with E-state index >= 15 is 0 Å². The summed E-state index contributed by atoms with van der Waals surface area (Å²) < 4.78 is 12.3. The number of methoxy groups -OCH3 is 1. The van der Waals surface area contributed by atoms with Crippen LogP contribution in [0, 0.1) is 0 Å². The molecule has 2 unspecified atom stereocenters. The summed E-state index contributed by atoms with van der Waals surface area (Å²) in [6, 6.07) is 14.9. The van der Waals surface area contributed by atoms with Crippen LogP contribution in [-0.4, -0.2) is 52.0 Å². The van der Waals surface area contributed by atoms with Gasteiger partial charge in [0.15, 0.2) is 0 Å². The molecule has 2 aromatic carbocycles. The van der Waals surface area contributed by atoms with E-state index in [0.29, 0.717) is 28.0 Å². The molecule has 1 aliphatic heterocycles. The second-order valence-electron chi connectivity index (χ2n) is 7.68. The van der Waals surface area contributed by atoms with Crippen molar-refractivity contribution in [1.29, 1.82) is 0 Å². The Morgan fingerprint density at radius 1 is 1.06 bits per heavy atom. The number of ether oxygens (including phenoxy) is 2. The Hall–Kier alpha value is -4.11. The highest BCUT2D eigenvalue weighted by Gasteiger charge is 2.33. The predicted molar refractivity (Wildman–Crippen MR) is 121 cm³/mol. The van der Waals surface area contributed by atoms with Gasteiger partial charge in [0.05, 0.1) is 43.1 Å². The number of fused-ring (bicyclic) bond motifs is 1. The highest BCUT2D eigenvalue weighted by Crippen LogP contribution is 2.23. The van der Waals surface area contributed by atoms with Gasteiger partial charge in [-0.25, -0.2) is 4.68 Å². The van der Waals surface area contributed by atoms with Gasteiger partial charge in [-0.3, -0.25) is 19.6 Å². The maximum atomic E-state index is 12.9. The number of carbonyl (C=O) groups excluding carboxylic acids is 1. The Balaban J connectivity index is 1.41. The second-order valence-corrected chi connectivity index (χ2v) is 7.68. The van der Waals surface area contributed by atoms with Gasteiger partial charge in [0, 0.05) is 29.6 Å². The molecular weight excluding hydrogens is 422 g/mol. The number of carbonyl (C=O) groups is 1. The van der Waals surface area contributed by atoms with Gasteiger partial charge in [-0.15, -0.1) is 0 Å². The summed E-state index contributed by atoms with van der Waals surface area (Å²) in [5, 5.41) is 7.55. The summed E-state index contributed by atoms with van der Waals surface area (Å²) in [6.45, 7) is 0.546. The van der Waals surface area contributed by atoms with Crippen LogP contribution in [0.2, 0.25) is 0 Å². The van der Waals surface area contributed by atoms with Gasteiger partial charge in [-0.05, 0) is 36.4 Å². The third kappa shape index (κ3) is 4.18. The molecule has 2 atom stereocenters. The van der Waals surface area contributed by atoms with Crippen LogP contribution < -0.4 is 15.6 Å².